The fourth-order valence-electron chi connectivity index (χ4n) is 1.55. The molecule has 1 aromatic rings. The summed E-state index contributed by atoms with van der Waals surface area (Å²) in [5.41, 5.74) is 1.44. The van der Waals surface area contributed by atoms with E-state index in [-0.39, 0.29) is 3.58 Å². The van der Waals surface area contributed by atoms with E-state index in [0.29, 0.717) is 18.4 Å². The Labute approximate surface area is 125 Å². The van der Waals surface area contributed by atoms with Crippen LogP contribution in [0.15, 0.2) is 39.5 Å². The highest BCUT2D eigenvalue weighted by Crippen LogP contribution is 2.21. The Balaban J connectivity index is 2.88. The minimum absolute atomic E-state index is 0.267. The number of hydrogen-bond acceptors (Lipinski definition) is 4. The molecule has 0 radical (unpaired) electrons. The summed E-state index contributed by atoms with van der Waals surface area (Å²) >= 11 is 1.82. The third-order valence-electron chi connectivity index (χ3n) is 2.57. The Morgan fingerprint density at radius 2 is 1.63 bits per heavy atom. The number of ether oxygens (including phenoxy) is 2. The highest BCUT2D eigenvalue weighted by Gasteiger charge is 2.19. The number of rotatable bonds is 5. The van der Waals surface area contributed by atoms with Crippen LogP contribution in [-0.2, 0) is 25.5 Å². The van der Waals surface area contributed by atoms with Crippen LogP contribution < -0.4 is 0 Å². The van der Waals surface area contributed by atoms with Gasteiger partial charge in [-0.25, -0.2) is 9.59 Å². The molecule has 0 N–H and O–H groups in total. The molecule has 0 bridgehead atoms. The molecule has 0 aliphatic rings. The summed E-state index contributed by atoms with van der Waals surface area (Å²) in [4.78, 5) is 23.2. The smallest absolute Gasteiger partial charge is 0.344 e. The predicted octanol–water partition coefficient (Wildman–Crippen LogP) is 2.65. The highest BCUT2D eigenvalue weighted by molar-refractivity contribution is 14.1. The van der Waals surface area contributed by atoms with E-state index < -0.39 is 11.9 Å². The van der Waals surface area contributed by atoms with Crippen molar-refractivity contribution in [3.05, 3.63) is 45.0 Å². The monoisotopic (exact) mass is 374 g/mol. The summed E-state index contributed by atoms with van der Waals surface area (Å²) in [6.45, 7) is 0. The van der Waals surface area contributed by atoms with E-state index in [1.165, 1.54) is 14.2 Å². The molecule has 0 saturated carbocycles. The van der Waals surface area contributed by atoms with Gasteiger partial charge in [0.05, 0.1) is 19.8 Å². The van der Waals surface area contributed by atoms with Crippen LogP contribution in [0.4, 0.5) is 0 Å². The molecular formula is C14H15IO4. The van der Waals surface area contributed by atoms with E-state index >= 15 is 0 Å². The van der Waals surface area contributed by atoms with Gasteiger partial charge in [0.1, 0.15) is 3.58 Å². The first kappa shape index (κ1) is 15.7. The molecule has 0 spiro atoms. The first-order valence-corrected chi connectivity index (χ1v) is 6.77. The average molecular weight is 374 g/mol. The molecule has 0 fully saturated rings. The Morgan fingerprint density at radius 1 is 1.05 bits per heavy atom. The zero-order valence-electron chi connectivity index (χ0n) is 10.8. The van der Waals surface area contributed by atoms with Gasteiger partial charge in [-0.2, -0.15) is 0 Å². The molecule has 102 valence electrons. The van der Waals surface area contributed by atoms with Crippen molar-refractivity contribution in [1.82, 2.24) is 0 Å². The third kappa shape index (κ3) is 4.66. The maximum atomic E-state index is 11.7. The standard InChI is InChI=1S/C14H15IO4/c1-18-13(16)11(12(15)14(17)19-2)9-8-10-6-4-3-5-7-10/h3-7H,8-9H2,1-2H3/b12-11+. The van der Waals surface area contributed by atoms with Crippen molar-refractivity contribution in [3.63, 3.8) is 0 Å². The number of methoxy groups -OCH3 is 2. The van der Waals surface area contributed by atoms with Crippen molar-refractivity contribution in [2.75, 3.05) is 14.2 Å². The van der Waals surface area contributed by atoms with Crippen LogP contribution in [0.1, 0.15) is 12.0 Å². The molecule has 0 saturated heterocycles. The van der Waals surface area contributed by atoms with E-state index in [2.05, 4.69) is 4.74 Å². The third-order valence-corrected chi connectivity index (χ3v) is 3.66. The van der Waals surface area contributed by atoms with Gasteiger partial charge in [-0.05, 0) is 41.0 Å². The van der Waals surface area contributed by atoms with Gasteiger partial charge in [-0.15, -0.1) is 0 Å². The lowest BCUT2D eigenvalue weighted by Gasteiger charge is -2.08. The van der Waals surface area contributed by atoms with Crippen LogP contribution in [0.3, 0.4) is 0 Å². The normalized spacial score (nSPS) is 11.5. The summed E-state index contributed by atoms with van der Waals surface area (Å²) in [5.74, 6) is -1.01. The minimum atomic E-state index is -0.519. The molecule has 0 aromatic heterocycles. The average Bonchev–Trinajstić information content (AvgIpc) is 2.47. The molecule has 0 amide bonds. The number of aryl methyl sites for hydroxylation is 1. The molecule has 0 atom stereocenters. The number of esters is 2. The van der Waals surface area contributed by atoms with Gasteiger partial charge < -0.3 is 9.47 Å². The van der Waals surface area contributed by atoms with Crippen molar-refractivity contribution in [2.24, 2.45) is 0 Å². The molecule has 0 aliphatic carbocycles. The fraction of sp³-hybridized carbons (Fsp3) is 0.286. The van der Waals surface area contributed by atoms with Gasteiger partial charge in [-0.1, -0.05) is 30.3 Å². The molecular weight excluding hydrogens is 359 g/mol. The van der Waals surface area contributed by atoms with Crippen LogP contribution in [0, 0.1) is 0 Å². The van der Waals surface area contributed by atoms with Gasteiger partial charge >= 0.3 is 11.9 Å². The van der Waals surface area contributed by atoms with E-state index in [1.54, 1.807) is 0 Å². The number of carbonyl (C=O) groups excluding carboxylic acids is 2. The van der Waals surface area contributed by atoms with E-state index in [1.807, 2.05) is 52.9 Å². The van der Waals surface area contributed by atoms with Crippen LogP contribution in [0.5, 0.6) is 0 Å². The highest BCUT2D eigenvalue weighted by atomic mass is 127. The van der Waals surface area contributed by atoms with Crippen LogP contribution in [0.25, 0.3) is 0 Å². The van der Waals surface area contributed by atoms with Gasteiger partial charge in [-0.3, -0.25) is 0 Å². The van der Waals surface area contributed by atoms with Gasteiger partial charge in [0.15, 0.2) is 0 Å². The van der Waals surface area contributed by atoms with Crippen molar-refractivity contribution in [1.29, 1.82) is 0 Å². The van der Waals surface area contributed by atoms with Crippen molar-refractivity contribution in [2.45, 2.75) is 12.8 Å². The maximum Gasteiger partial charge on any atom is 0.344 e. The second-order valence-electron chi connectivity index (χ2n) is 3.76. The van der Waals surface area contributed by atoms with E-state index in [4.69, 9.17) is 4.74 Å². The van der Waals surface area contributed by atoms with Crippen molar-refractivity contribution >= 4 is 34.5 Å². The molecule has 0 heterocycles. The minimum Gasteiger partial charge on any atom is -0.466 e. The lowest BCUT2D eigenvalue weighted by atomic mass is 10.0. The molecule has 1 aromatic carbocycles. The van der Waals surface area contributed by atoms with E-state index in [9.17, 15) is 9.59 Å². The summed E-state index contributed by atoms with van der Waals surface area (Å²) in [5, 5.41) is 0. The number of halogens is 1. The van der Waals surface area contributed by atoms with E-state index in [0.717, 1.165) is 5.56 Å². The van der Waals surface area contributed by atoms with Crippen LogP contribution >= 0.6 is 22.6 Å². The lowest BCUT2D eigenvalue weighted by molar-refractivity contribution is -0.138. The van der Waals surface area contributed by atoms with Gasteiger partial charge in [0, 0.05) is 0 Å². The molecule has 19 heavy (non-hydrogen) atoms. The molecule has 0 aliphatic heterocycles. The molecule has 4 nitrogen and oxygen atoms in total. The first-order chi connectivity index (χ1) is 9.10. The molecule has 1 rings (SSSR count). The summed E-state index contributed by atoms with van der Waals surface area (Å²) in [7, 11) is 2.58. The number of carbonyl (C=O) groups is 2. The van der Waals surface area contributed by atoms with Crippen LogP contribution in [0.2, 0.25) is 0 Å². The zero-order chi connectivity index (χ0) is 14.3. The lowest BCUT2D eigenvalue weighted by Crippen LogP contribution is -2.12. The molecule has 5 heteroatoms. The second kappa shape index (κ2) is 7.93. The summed E-state index contributed by atoms with van der Waals surface area (Å²) < 4.78 is 9.60. The second-order valence-corrected chi connectivity index (χ2v) is 4.84. The first-order valence-electron chi connectivity index (χ1n) is 5.69. The Bertz CT molecular complexity index is 479. The Kier molecular flexibility index (Phi) is 6.55. The predicted molar refractivity (Wildman–Crippen MR) is 79.8 cm³/mol. The van der Waals surface area contributed by atoms with Gasteiger partial charge in [0.2, 0.25) is 0 Å². The van der Waals surface area contributed by atoms with Crippen molar-refractivity contribution < 1.29 is 19.1 Å². The van der Waals surface area contributed by atoms with Crippen LogP contribution in [-0.4, -0.2) is 26.2 Å². The topological polar surface area (TPSA) is 52.6 Å². The quantitative estimate of drug-likeness (QED) is 0.452. The Morgan fingerprint density at radius 3 is 2.16 bits per heavy atom. The van der Waals surface area contributed by atoms with Gasteiger partial charge in [0.25, 0.3) is 0 Å². The summed E-state index contributed by atoms with van der Waals surface area (Å²) in [6, 6.07) is 9.74. The number of benzene rings is 1. The SMILES string of the molecule is COC(=O)/C(I)=C(/CCc1ccccc1)C(=O)OC. The zero-order valence-corrected chi connectivity index (χ0v) is 13.0. The molecule has 0 unspecified atom stereocenters. The fourth-order valence-corrected chi connectivity index (χ4v) is 2.26. The largest absolute Gasteiger partial charge is 0.466 e. The maximum absolute atomic E-state index is 11.7. The number of hydrogen-bond donors (Lipinski definition) is 0. The Hall–Kier alpha value is -1.37. The van der Waals surface area contributed by atoms with Crippen molar-refractivity contribution in [3.8, 4) is 0 Å². The summed E-state index contributed by atoms with van der Waals surface area (Å²) in [6.07, 6.45) is 1.10.